The normalized spacial score (nSPS) is 38.9. The zero-order chi connectivity index (χ0) is 14.6. The zero-order valence-corrected chi connectivity index (χ0v) is 10.8. The second-order valence-corrected chi connectivity index (χ2v) is 5.38. The number of aliphatic hydroxyl groups is 4. The fraction of sp³-hybridized carbons (Fsp3) is 1.00. The van der Waals surface area contributed by atoms with Crippen molar-refractivity contribution in [2.24, 2.45) is 5.73 Å². The van der Waals surface area contributed by atoms with Gasteiger partial charge in [-0.25, -0.2) is 4.57 Å². The highest BCUT2D eigenvalue weighted by molar-refractivity contribution is 7.47. The molecular weight excluding hydrogens is 285 g/mol. The summed E-state index contributed by atoms with van der Waals surface area (Å²) in [7, 11) is -4.35. The standard InChI is InChI=1S/C8H18NO9P/c9-1-2-16-19(14,15)17-3-4-5(10)6(11)7(12)8(13)18-4/h4-8,10-13H,1-3,9H2,(H,14,15)/t4-,5-,6+,7+,8?/m1/s1. The highest BCUT2D eigenvalue weighted by Crippen LogP contribution is 2.43. The molecule has 0 aromatic heterocycles. The second-order valence-electron chi connectivity index (χ2n) is 3.92. The van der Waals surface area contributed by atoms with Crippen LogP contribution in [0.2, 0.25) is 0 Å². The third-order valence-corrected chi connectivity index (χ3v) is 3.45. The van der Waals surface area contributed by atoms with Gasteiger partial charge in [-0.05, 0) is 0 Å². The molecule has 10 nitrogen and oxygen atoms in total. The molecule has 1 aliphatic heterocycles. The molecule has 1 heterocycles. The van der Waals surface area contributed by atoms with Gasteiger partial charge in [-0.3, -0.25) is 9.05 Å². The Morgan fingerprint density at radius 2 is 1.74 bits per heavy atom. The molecule has 2 unspecified atom stereocenters. The van der Waals surface area contributed by atoms with Crippen LogP contribution in [-0.2, 0) is 18.3 Å². The van der Waals surface area contributed by atoms with Crippen molar-refractivity contribution < 1.29 is 43.7 Å². The van der Waals surface area contributed by atoms with Crippen molar-refractivity contribution in [2.45, 2.75) is 30.7 Å². The summed E-state index contributed by atoms with van der Waals surface area (Å²) in [5.74, 6) is 0. The van der Waals surface area contributed by atoms with Gasteiger partial charge in [-0.1, -0.05) is 0 Å². The van der Waals surface area contributed by atoms with Crippen molar-refractivity contribution in [2.75, 3.05) is 19.8 Å². The minimum absolute atomic E-state index is 0.0140. The van der Waals surface area contributed by atoms with Gasteiger partial charge in [0, 0.05) is 6.54 Å². The molecule has 7 N–H and O–H groups in total. The van der Waals surface area contributed by atoms with Crippen molar-refractivity contribution in [1.82, 2.24) is 0 Å². The van der Waals surface area contributed by atoms with E-state index in [1.807, 2.05) is 0 Å². The predicted molar refractivity (Wildman–Crippen MR) is 59.7 cm³/mol. The fourth-order valence-electron chi connectivity index (χ4n) is 1.44. The highest BCUT2D eigenvalue weighted by atomic mass is 31.2. The van der Waals surface area contributed by atoms with E-state index in [-0.39, 0.29) is 13.2 Å². The summed E-state index contributed by atoms with van der Waals surface area (Å²) in [4.78, 5) is 9.19. The van der Waals surface area contributed by atoms with Gasteiger partial charge >= 0.3 is 7.82 Å². The van der Waals surface area contributed by atoms with Gasteiger partial charge < -0.3 is 35.8 Å². The lowest BCUT2D eigenvalue weighted by atomic mass is 10.00. The van der Waals surface area contributed by atoms with Crippen LogP contribution in [0.15, 0.2) is 0 Å². The van der Waals surface area contributed by atoms with Gasteiger partial charge in [0.05, 0.1) is 13.2 Å². The summed E-state index contributed by atoms with van der Waals surface area (Å²) >= 11 is 0. The molecule has 0 spiro atoms. The molecule has 19 heavy (non-hydrogen) atoms. The SMILES string of the molecule is NCCOP(=O)(O)OC[C@H]1OC(O)[C@@H](O)[C@@H](O)[C@@H]1O. The average molecular weight is 303 g/mol. The van der Waals surface area contributed by atoms with E-state index in [4.69, 9.17) is 10.5 Å². The highest BCUT2D eigenvalue weighted by Gasteiger charge is 2.43. The maximum atomic E-state index is 11.3. The van der Waals surface area contributed by atoms with Crippen LogP contribution in [0, 0.1) is 0 Å². The number of nitrogens with two attached hydrogens (primary N) is 1. The van der Waals surface area contributed by atoms with Gasteiger partial charge in [-0.15, -0.1) is 0 Å². The molecule has 0 aliphatic carbocycles. The van der Waals surface area contributed by atoms with Crippen LogP contribution >= 0.6 is 7.82 Å². The monoisotopic (exact) mass is 303 g/mol. The Kier molecular flexibility index (Phi) is 6.27. The topological polar surface area (TPSA) is 172 Å². The van der Waals surface area contributed by atoms with E-state index in [0.717, 1.165) is 0 Å². The van der Waals surface area contributed by atoms with E-state index in [0.29, 0.717) is 0 Å². The van der Waals surface area contributed by atoms with E-state index in [2.05, 4.69) is 9.05 Å². The first-order valence-corrected chi connectivity index (χ1v) is 6.97. The lowest BCUT2D eigenvalue weighted by Gasteiger charge is -2.38. The van der Waals surface area contributed by atoms with Crippen LogP contribution in [-0.4, -0.2) is 75.8 Å². The first kappa shape index (κ1) is 16.9. The zero-order valence-electron chi connectivity index (χ0n) is 9.90. The molecule has 0 aromatic rings. The van der Waals surface area contributed by atoms with Gasteiger partial charge in [0.15, 0.2) is 6.29 Å². The summed E-state index contributed by atoms with van der Waals surface area (Å²) in [5, 5.41) is 37.4. The quantitative estimate of drug-likeness (QED) is 0.276. The molecule has 1 saturated heterocycles. The molecule has 0 saturated carbocycles. The number of rotatable bonds is 6. The lowest BCUT2D eigenvalue weighted by Crippen LogP contribution is -2.58. The van der Waals surface area contributed by atoms with Crippen LogP contribution in [0.4, 0.5) is 0 Å². The van der Waals surface area contributed by atoms with E-state index in [1.165, 1.54) is 0 Å². The molecular formula is C8H18NO9P. The molecule has 0 radical (unpaired) electrons. The Labute approximate surface area is 108 Å². The molecule has 0 aromatic carbocycles. The maximum Gasteiger partial charge on any atom is 0.472 e. The largest absolute Gasteiger partial charge is 0.472 e. The summed E-state index contributed by atoms with van der Waals surface area (Å²) in [6, 6.07) is 0. The molecule has 1 rings (SSSR count). The van der Waals surface area contributed by atoms with Gasteiger partial charge in [0.25, 0.3) is 0 Å². The first-order chi connectivity index (χ1) is 8.78. The van der Waals surface area contributed by atoms with Crippen LogP contribution in [0.25, 0.3) is 0 Å². The summed E-state index contributed by atoms with van der Waals surface area (Å²) in [6.07, 6.45) is -7.97. The fourth-order valence-corrected chi connectivity index (χ4v) is 2.19. The molecule has 0 bridgehead atoms. The van der Waals surface area contributed by atoms with Gasteiger partial charge in [-0.2, -0.15) is 0 Å². The molecule has 6 atom stereocenters. The lowest BCUT2D eigenvalue weighted by molar-refractivity contribution is -0.285. The number of aliphatic hydroxyl groups excluding tert-OH is 4. The second kappa shape index (κ2) is 7.04. The van der Waals surface area contributed by atoms with Crippen LogP contribution in [0.3, 0.4) is 0 Å². The number of phosphoric acid groups is 1. The molecule has 1 fully saturated rings. The predicted octanol–water partition coefficient (Wildman–Crippen LogP) is -3.12. The Bertz CT molecular complexity index is 329. The Morgan fingerprint density at radius 3 is 2.32 bits per heavy atom. The van der Waals surface area contributed by atoms with Crippen LogP contribution in [0.5, 0.6) is 0 Å². The van der Waals surface area contributed by atoms with E-state index >= 15 is 0 Å². The van der Waals surface area contributed by atoms with Crippen LogP contribution < -0.4 is 5.73 Å². The van der Waals surface area contributed by atoms with E-state index in [1.54, 1.807) is 0 Å². The number of phosphoric ester groups is 1. The number of ether oxygens (including phenoxy) is 1. The molecule has 11 heteroatoms. The first-order valence-electron chi connectivity index (χ1n) is 5.48. The Morgan fingerprint density at radius 1 is 1.11 bits per heavy atom. The summed E-state index contributed by atoms with van der Waals surface area (Å²) in [6.45, 7) is -0.813. The number of hydrogen-bond donors (Lipinski definition) is 6. The summed E-state index contributed by atoms with van der Waals surface area (Å²) < 4.78 is 25.0. The van der Waals surface area contributed by atoms with Crippen molar-refractivity contribution in [1.29, 1.82) is 0 Å². The molecule has 1 aliphatic rings. The third-order valence-electron chi connectivity index (χ3n) is 2.46. The maximum absolute atomic E-state index is 11.3. The van der Waals surface area contributed by atoms with Crippen molar-refractivity contribution in [3.8, 4) is 0 Å². The van der Waals surface area contributed by atoms with Crippen molar-refractivity contribution >= 4 is 7.82 Å². The smallest absolute Gasteiger partial charge is 0.387 e. The van der Waals surface area contributed by atoms with E-state index < -0.39 is 45.1 Å². The van der Waals surface area contributed by atoms with E-state index in [9.17, 15) is 29.9 Å². The third kappa shape index (κ3) is 4.72. The average Bonchev–Trinajstić information content (AvgIpc) is 2.37. The summed E-state index contributed by atoms with van der Waals surface area (Å²) in [5.41, 5.74) is 5.08. The Balaban J connectivity index is 2.50. The van der Waals surface area contributed by atoms with Crippen molar-refractivity contribution in [3.05, 3.63) is 0 Å². The Hall–Kier alpha value is -0.130. The van der Waals surface area contributed by atoms with Crippen molar-refractivity contribution in [3.63, 3.8) is 0 Å². The van der Waals surface area contributed by atoms with Crippen LogP contribution in [0.1, 0.15) is 0 Å². The number of hydrogen-bond acceptors (Lipinski definition) is 9. The molecule has 114 valence electrons. The molecule has 0 amide bonds. The van der Waals surface area contributed by atoms with Gasteiger partial charge in [0.2, 0.25) is 0 Å². The van der Waals surface area contributed by atoms with Gasteiger partial charge in [0.1, 0.15) is 24.4 Å². The minimum Gasteiger partial charge on any atom is -0.387 e. The minimum atomic E-state index is -4.35.